The van der Waals surface area contributed by atoms with Crippen LogP contribution in [-0.4, -0.2) is 54.9 Å². The van der Waals surface area contributed by atoms with E-state index in [1.54, 1.807) is 0 Å². The van der Waals surface area contributed by atoms with Crippen LogP contribution in [0, 0.1) is 58.2 Å². The van der Waals surface area contributed by atoms with E-state index in [2.05, 4.69) is 32.9 Å². The predicted molar refractivity (Wildman–Crippen MR) is 147 cm³/mol. The highest BCUT2D eigenvalue weighted by Gasteiger charge is 2.69. The summed E-state index contributed by atoms with van der Waals surface area (Å²) in [4.78, 5) is 24.8. The van der Waals surface area contributed by atoms with Crippen molar-refractivity contribution in [2.75, 3.05) is 19.8 Å². The molecule has 7 heteroatoms. The first-order valence-electron chi connectivity index (χ1n) is 15.3. The summed E-state index contributed by atoms with van der Waals surface area (Å²) < 4.78 is 23.5. The number of hydrogen-bond acceptors (Lipinski definition) is 7. The lowest BCUT2D eigenvalue weighted by molar-refractivity contribution is -0.243. The molecule has 12 atom stereocenters. The second-order valence-corrected chi connectivity index (χ2v) is 14.4. The van der Waals surface area contributed by atoms with Crippen molar-refractivity contribution >= 4 is 12.1 Å². The molecule has 4 aliphatic carbocycles. The predicted octanol–water partition coefficient (Wildman–Crippen LogP) is 5.78. The van der Waals surface area contributed by atoms with Crippen LogP contribution in [0.5, 0.6) is 0 Å². The summed E-state index contributed by atoms with van der Waals surface area (Å²) in [6, 6.07) is 0. The van der Waals surface area contributed by atoms with Gasteiger partial charge in [0.15, 0.2) is 0 Å². The molecule has 1 aliphatic heterocycles. The van der Waals surface area contributed by atoms with Crippen molar-refractivity contribution in [3.8, 4) is 0 Å². The monoisotopic (exact) mass is 546 g/mol. The topological polar surface area (TPSA) is 91.3 Å². The van der Waals surface area contributed by atoms with E-state index in [0.29, 0.717) is 38.1 Å². The summed E-state index contributed by atoms with van der Waals surface area (Å²) in [6.45, 7) is 15.9. The van der Waals surface area contributed by atoms with Crippen LogP contribution in [0.25, 0.3) is 0 Å². The molecule has 39 heavy (non-hydrogen) atoms. The molecule has 3 saturated carbocycles. The standard InChI is InChI=1S/C32H50O7/c1-18(2)15-37-29(34)38-21(5)31-13-11-23-27-20(4)28(39-22(6)33)25-9-8-19(3)14-32(25,35)24(27)10-12-30(23,7)26(31)16-36-17-31/h8-9,18-21,23-28,35H,10-17H2,1-7H3/t19?,20?,21?,23?,24?,25?,26-,27?,28-,30+,31-,32+/m0/s1. The van der Waals surface area contributed by atoms with Gasteiger partial charge in [0.1, 0.15) is 12.2 Å². The van der Waals surface area contributed by atoms with Gasteiger partial charge in [0, 0.05) is 18.3 Å². The summed E-state index contributed by atoms with van der Waals surface area (Å²) in [6.07, 6.45) is 7.65. The molecule has 0 aromatic rings. The van der Waals surface area contributed by atoms with E-state index in [9.17, 15) is 14.7 Å². The van der Waals surface area contributed by atoms with E-state index < -0.39 is 11.8 Å². The van der Waals surface area contributed by atoms with Crippen LogP contribution in [-0.2, 0) is 23.7 Å². The van der Waals surface area contributed by atoms with Crippen LogP contribution >= 0.6 is 0 Å². The molecule has 0 aromatic carbocycles. The lowest BCUT2D eigenvalue weighted by Gasteiger charge is -2.66. The van der Waals surface area contributed by atoms with E-state index in [0.717, 1.165) is 25.7 Å². The van der Waals surface area contributed by atoms with Crippen LogP contribution < -0.4 is 0 Å². The highest BCUT2D eigenvalue weighted by Crippen LogP contribution is 2.69. The lowest BCUT2D eigenvalue weighted by Crippen LogP contribution is -2.68. The number of esters is 1. The van der Waals surface area contributed by atoms with Crippen molar-refractivity contribution in [2.24, 2.45) is 58.2 Å². The average molecular weight is 547 g/mol. The number of ether oxygens (including phenoxy) is 4. The lowest BCUT2D eigenvalue weighted by atomic mass is 9.39. The van der Waals surface area contributed by atoms with Crippen LogP contribution in [0.2, 0.25) is 0 Å². The number of fused-ring (bicyclic) bond motifs is 7. The Labute approximate surface area is 234 Å². The third kappa shape index (κ3) is 4.64. The maximum atomic E-state index is 12.5. The number of hydrogen-bond donors (Lipinski definition) is 1. The Hall–Kier alpha value is -1.60. The zero-order valence-electron chi connectivity index (χ0n) is 25.0. The SMILES string of the molecule is CC(=O)O[C@H]1C(C)C2C(CC[C@]3(C)C2CC[C@@]2(C(C)OC(=O)OCC(C)C)COC[C@H]23)[C@]2(O)CC(C)C=CC12. The van der Waals surface area contributed by atoms with E-state index in [1.807, 2.05) is 20.8 Å². The first kappa shape index (κ1) is 28.9. The fourth-order valence-electron chi connectivity index (χ4n) is 10.0. The van der Waals surface area contributed by atoms with Crippen LogP contribution in [0.3, 0.4) is 0 Å². The molecule has 4 fully saturated rings. The Kier molecular flexibility index (Phi) is 7.67. The Morgan fingerprint density at radius 3 is 2.51 bits per heavy atom. The van der Waals surface area contributed by atoms with E-state index in [-0.39, 0.29) is 64.5 Å². The Bertz CT molecular complexity index is 978. The van der Waals surface area contributed by atoms with Gasteiger partial charge in [-0.1, -0.05) is 46.8 Å². The van der Waals surface area contributed by atoms with Crippen molar-refractivity contribution in [3.63, 3.8) is 0 Å². The van der Waals surface area contributed by atoms with Gasteiger partial charge in [-0.2, -0.15) is 0 Å². The number of carbonyl (C=O) groups excluding carboxylic acids is 2. The molecule has 220 valence electrons. The third-order valence-corrected chi connectivity index (χ3v) is 11.8. The molecule has 7 unspecified atom stereocenters. The zero-order valence-corrected chi connectivity index (χ0v) is 25.0. The molecule has 1 saturated heterocycles. The van der Waals surface area contributed by atoms with Crippen molar-refractivity contribution in [3.05, 3.63) is 12.2 Å². The molecule has 0 bridgehead atoms. The summed E-state index contributed by atoms with van der Waals surface area (Å²) in [5, 5.41) is 12.4. The molecule has 7 nitrogen and oxygen atoms in total. The van der Waals surface area contributed by atoms with Crippen molar-refractivity contribution in [2.45, 2.75) is 98.4 Å². The molecule has 0 radical (unpaired) electrons. The van der Waals surface area contributed by atoms with Gasteiger partial charge < -0.3 is 24.1 Å². The quantitative estimate of drug-likeness (QED) is 0.345. The van der Waals surface area contributed by atoms with Gasteiger partial charge in [-0.3, -0.25) is 4.79 Å². The van der Waals surface area contributed by atoms with Crippen molar-refractivity contribution < 1.29 is 33.6 Å². The van der Waals surface area contributed by atoms with Gasteiger partial charge in [-0.15, -0.1) is 0 Å². The number of aliphatic hydroxyl groups is 1. The Morgan fingerprint density at radius 2 is 1.82 bits per heavy atom. The first-order chi connectivity index (χ1) is 18.3. The first-order valence-corrected chi connectivity index (χ1v) is 15.3. The van der Waals surface area contributed by atoms with Gasteiger partial charge in [0.05, 0.1) is 25.4 Å². The number of rotatable bonds is 5. The number of allylic oxidation sites excluding steroid dienone is 1. The van der Waals surface area contributed by atoms with E-state index in [4.69, 9.17) is 18.9 Å². The van der Waals surface area contributed by atoms with Gasteiger partial charge in [0.25, 0.3) is 0 Å². The van der Waals surface area contributed by atoms with Crippen molar-refractivity contribution in [1.82, 2.24) is 0 Å². The molecule has 5 rings (SSSR count). The highest BCUT2D eigenvalue weighted by molar-refractivity contribution is 5.66. The zero-order chi connectivity index (χ0) is 28.3. The largest absolute Gasteiger partial charge is 0.508 e. The molecule has 1 N–H and O–H groups in total. The fraction of sp³-hybridized carbons (Fsp3) is 0.875. The third-order valence-electron chi connectivity index (χ3n) is 11.8. The second-order valence-electron chi connectivity index (χ2n) is 14.4. The Balaban J connectivity index is 1.44. The maximum Gasteiger partial charge on any atom is 0.508 e. The molecule has 5 aliphatic rings. The van der Waals surface area contributed by atoms with Crippen LogP contribution in [0.4, 0.5) is 4.79 Å². The van der Waals surface area contributed by atoms with Gasteiger partial charge in [-0.25, -0.2) is 4.79 Å². The molecular weight excluding hydrogens is 496 g/mol. The summed E-state index contributed by atoms with van der Waals surface area (Å²) in [5.41, 5.74) is -1.14. The Morgan fingerprint density at radius 1 is 1.10 bits per heavy atom. The molecule has 0 aromatic heterocycles. The normalized spacial score (nSPS) is 47.3. The number of carbonyl (C=O) groups is 2. The summed E-state index contributed by atoms with van der Waals surface area (Å²) in [7, 11) is 0. The molecule has 1 heterocycles. The smallest absolute Gasteiger partial charge is 0.462 e. The van der Waals surface area contributed by atoms with Gasteiger partial charge >= 0.3 is 12.1 Å². The minimum absolute atomic E-state index is 0.0241. The highest BCUT2D eigenvalue weighted by atomic mass is 16.7. The maximum absolute atomic E-state index is 12.5. The minimum Gasteiger partial charge on any atom is -0.462 e. The summed E-state index contributed by atoms with van der Waals surface area (Å²) >= 11 is 0. The van der Waals surface area contributed by atoms with Crippen LogP contribution in [0.15, 0.2) is 12.2 Å². The van der Waals surface area contributed by atoms with Crippen molar-refractivity contribution in [1.29, 1.82) is 0 Å². The fourth-order valence-corrected chi connectivity index (χ4v) is 10.0. The molecule has 0 spiro atoms. The van der Waals surface area contributed by atoms with Gasteiger partial charge in [-0.05, 0) is 85.9 Å². The van der Waals surface area contributed by atoms with Crippen LogP contribution in [0.1, 0.15) is 80.6 Å². The average Bonchev–Trinajstić information content (AvgIpc) is 3.31. The minimum atomic E-state index is -0.871. The van der Waals surface area contributed by atoms with E-state index in [1.165, 1.54) is 6.92 Å². The molecule has 0 amide bonds. The summed E-state index contributed by atoms with van der Waals surface area (Å²) in [5.74, 6) is 1.28. The van der Waals surface area contributed by atoms with E-state index >= 15 is 0 Å². The van der Waals surface area contributed by atoms with Gasteiger partial charge in [0.2, 0.25) is 0 Å². The second kappa shape index (κ2) is 10.3. The molecular formula is C32H50O7.